The SMILES string of the molecule is Cc1ccc(C(=O)C2=C(O)C(=O)N(c3nc4ccc(Cl)cc4s3)C2c2ccc(F)c(F)c2)o1. The number of nitrogens with zero attached hydrogens (tertiary/aromatic N) is 2. The number of furan rings is 1. The zero-order valence-corrected chi connectivity index (χ0v) is 18.4. The molecule has 0 aliphatic carbocycles. The fraction of sp³-hybridized carbons (Fsp3) is 0.0870. The molecule has 166 valence electrons. The van der Waals surface area contributed by atoms with Crippen LogP contribution in [0.1, 0.15) is 27.9 Å². The highest BCUT2D eigenvalue weighted by Gasteiger charge is 2.46. The topological polar surface area (TPSA) is 83.6 Å². The number of carbonyl (C=O) groups excluding carboxylic acids is 2. The first-order valence-electron chi connectivity index (χ1n) is 9.63. The van der Waals surface area contributed by atoms with Gasteiger partial charge >= 0.3 is 0 Å². The van der Waals surface area contributed by atoms with Gasteiger partial charge < -0.3 is 9.52 Å². The molecule has 1 amide bonds. The summed E-state index contributed by atoms with van der Waals surface area (Å²) in [6.45, 7) is 1.64. The van der Waals surface area contributed by atoms with Crippen LogP contribution in [0.5, 0.6) is 0 Å². The van der Waals surface area contributed by atoms with Gasteiger partial charge in [-0.25, -0.2) is 13.8 Å². The summed E-state index contributed by atoms with van der Waals surface area (Å²) in [5.74, 6) is -4.38. The number of halogens is 3. The van der Waals surface area contributed by atoms with Crippen LogP contribution in [0.3, 0.4) is 0 Å². The summed E-state index contributed by atoms with van der Waals surface area (Å²) in [5, 5.41) is 11.3. The van der Waals surface area contributed by atoms with Gasteiger partial charge in [-0.15, -0.1) is 0 Å². The van der Waals surface area contributed by atoms with Gasteiger partial charge in [0.1, 0.15) is 5.76 Å². The van der Waals surface area contributed by atoms with E-state index >= 15 is 0 Å². The van der Waals surface area contributed by atoms with Crippen molar-refractivity contribution >= 4 is 50.0 Å². The first kappa shape index (κ1) is 21.3. The van der Waals surface area contributed by atoms with E-state index in [-0.39, 0.29) is 22.0 Å². The molecule has 2 aromatic carbocycles. The predicted octanol–water partition coefficient (Wildman–Crippen LogP) is 5.91. The Kier molecular flexibility index (Phi) is 5.02. The minimum Gasteiger partial charge on any atom is -0.503 e. The molecule has 1 atom stereocenters. The maximum absolute atomic E-state index is 14.1. The predicted molar refractivity (Wildman–Crippen MR) is 119 cm³/mol. The highest BCUT2D eigenvalue weighted by Crippen LogP contribution is 2.44. The third kappa shape index (κ3) is 3.49. The van der Waals surface area contributed by atoms with Crippen LogP contribution in [0.15, 0.2) is 64.3 Å². The van der Waals surface area contributed by atoms with Crippen molar-refractivity contribution in [2.75, 3.05) is 4.90 Å². The molecule has 4 aromatic rings. The Hall–Kier alpha value is -3.56. The molecule has 0 radical (unpaired) electrons. The number of hydrogen-bond acceptors (Lipinski definition) is 6. The number of Topliss-reactive ketones (excluding diaryl/α,β-unsaturated/α-hetero) is 1. The molecule has 33 heavy (non-hydrogen) atoms. The van der Waals surface area contributed by atoms with E-state index in [0.29, 0.717) is 21.0 Å². The van der Waals surface area contributed by atoms with E-state index in [0.717, 1.165) is 28.4 Å². The lowest BCUT2D eigenvalue weighted by atomic mass is 9.95. The van der Waals surface area contributed by atoms with Crippen molar-refractivity contribution in [3.8, 4) is 0 Å². The molecule has 0 spiro atoms. The molecular formula is C23H13ClF2N2O4S. The number of benzene rings is 2. The van der Waals surface area contributed by atoms with Crippen LogP contribution < -0.4 is 4.90 Å². The smallest absolute Gasteiger partial charge is 0.296 e. The monoisotopic (exact) mass is 486 g/mol. The lowest BCUT2D eigenvalue weighted by molar-refractivity contribution is -0.117. The van der Waals surface area contributed by atoms with Gasteiger partial charge in [0.25, 0.3) is 5.91 Å². The lowest BCUT2D eigenvalue weighted by Gasteiger charge is -2.24. The number of aryl methyl sites for hydroxylation is 1. The second-order valence-electron chi connectivity index (χ2n) is 7.36. The summed E-state index contributed by atoms with van der Waals surface area (Å²) in [6.07, 6.45) is 0. The van der Waals surface area contributed by atoms with Crippen molar-refractivity contribution in [1.82, 2.24) is 4.98 Å². The Morgan fingerprint density at radius 2 is 1.94 bits per heavy atom. The van der Waals surface area contributed by atoms with Crippen molar-refractivity contribution in [2.45, 2.75) is 13.0 Å². The zero-order valence-electron chi connectivity index (χ0n) is 16.8. The van der Waals surface area contributed by atoms with Gasteiger partial charge in [0.05, 0.1) is 21.8 Å². The Bertz CT molecular complexity index is 1490. The second-order valence-corrected chi connectivity index (χ2v) is 8.81. The van der Waals surface area contributed by atoms with Gasteiger partial charge in [-0.3, -0.25) is 14.5 Å². The molecule has 5 rings (SSSR count). The Labute approximate surface area is 194 Å². The minimum atomic E-state index is -1.26. The molecule has 1 N–H and O–H groups in total. The number of thiazole rings is 1. The maximum Gasteiger partial charge on any atom is 0.296 e. The van der Waals surface area contributed by atoms with E-state index in [4.69, 9.17) is 16.0 Å². The van der Waals surface area contributed by atoms with Gasteiger partial charge in [-0.1, -0.05) is 29.0 Å². The largest absolute Gasteiger partial charge is 0.503 e. The van der Waals surface area contributed by atoms with Crippen LogP contribution in [-0.2, 0) is 4.79 Å². The number of aliphatic hydroxyl groups excluding tert-OH is 1. The number of fused-ring (bicyclic) bond motifs is 1. The normalized spacial score (nSPS) is 16.3. The summed E-state index contributed by atoms with van der Waals surface area (Å²) < 4.78 is 33.8. The number of rotatable bonds is 4. The summed E-state index contributed by atoms with van der Waals surface area (Å²) in [7, 11) is 0. The van der Waals surface area contributed by atoms with Crippen LogP contribution in [0.2, 0.25) is 5.02 Å². The molecule has 2 aromatic heterocycles. The molecule has 10 heteroatoms. The van der Waals surface area contributed by atoms with Crippen molar-refractivity contribution in [2.24, 2.45) is 0 Å². The molecule has 1 aliphatic rings. The third-order valence-corrected chi connectivity index (χ3v) is 6.47. The van der Waals surface area contributed by atoms with Crippen molar-refractivity contribution in [1.29, 1.82) is 0 Å². The Morgan fingerprint density at radius 1 is 1.15 bits per heavy atom. The lowest BCUT2D eigenvalue weighted by Crippen LogP contribution is -2.31. The molecule has 0 saturated carbocycles. The molecule has 1 unspecified atom stereocenters. The number of amides is 1. The number of anilines is 1. The fourth-order valence-corrected chi connectivity index (χ4v) is 4.98. The van der Waals surface area contributed by atoms with E-state index < -0.39 is 35.1 Å². The Balaban J connectivity index is 1.70. The number of aliphatic hydroxyl groups is 1. The van der Waals surface area contributed by atoms with Crippen LogP contribution >= 0.6 is 22.9 Å². The average molecular weight is 487 g/mol. The highest BCUT2D eigenvalue weighted by molar-refractivity contribution is 7.22. The van der Waals surface area contributed by atoms with E-state index in [9.17, 15) is 23.5 Å². The summed E-state index contributed by atoms with van der Waals surface area (Å²) in [4.78, 5) is 31.9. The summed E-state index contributed by atoms with van der Waals surface area (Å²) in [5.41, 5.74) is 0.296. The number of ketones is 1. The van der Waals surface area contributed by atoms with Crippen LogP contribution in [0, 0.1) is 18.6 Å². The molecule has 6 nitrogen and oxygen atoms in total. The maximum atomic E-state index is 14.1. The van der Waals surface area contributed by atoms with Crippen LogP contribution in [-0.4, -0.2) is 21.8 Å². The molecule has 3 heterocycles. The second kappa shape index (κ2) is 7.79. The summed E-state index contributed by atoms with van der Waals surface area (Å²) in [6, 6.07) is 9.68. The highest BCUT2D eigenvalue weighted by atomic mass is 35.5. The third-order valence-electron chi connectivity index (χ3n) is 5.22. The molecule has 0 bridgehead atoms. The Morgan fingerprint density at radius 3 is 2.64 bits per heavy atom. The van der Waals surface area contributed by atoms with Gasteiger partial charge in [0, 0.05) is 5.02 Å². The standard InChI is InChI=1S/C23H13ClF2N2O4S/c1-10-2-7-16(32-10)20(29)18-19(11-3-5-13(25)14(26)8-11)28(22(31)21(18)30)23-27-15-6-4-12(24)9-17(15)33-23/h2-9,19,30H,1H3. The molecule has 1 aliphatic heterocycles. The fourth-order valence-electron chi connectivity index (χ4n) is 3.71. The number of hydrogen-bond donors (Lipinski definition) is 1. The first-order chi connectivity index (χ1) is 15.7. The van der Waals surface area contributed by atoms with E-state index in [2.05, 4.69) is 4.98 Å². The van der Waals surface area contributed by atoms with Crippen molar-refractivity contribution in [3.05, 3.63) is 93.6 Å². The van der Waals surface area contributed by atoms with E-state index in [1.54, 1.807) is 31.2 Å². The minimum absolute atomic E-state index is 0.0789. The number of aromatic nitrogens is 1. The molecule has 0 fully saturated rings. The first-order valence-corrected chi connectivity index (χ1v) is 10.8. The van der Waals surface area contributed by atoms with Gasteiger partial charge in [0.15, 0.2) is 28.3 Å². The van der Waals surface area contributed by atoms with Gasteiger partial charge in [0.2, 0.25) is 5.78 Å². The van der Waals surface area contributed by atoms with E-state index in [1.165, 1.54) is 12.1 Å². The van der Waals surface area contributed by atoms with Crippen molar-refractivity contribution < 1.29 is 27.9 Å². The van der Waals surface area contributed by atoms with Crippen LogP contribution in [0.25, 0.3) is 10.2 Å². The number of carbonyl (C=O) groups is 2. The van der Waals surface area contributed by atoms with E-state index in [1.807, 2.05) is 0 Å². The van der Waals surface area contributed by atoms with Crippen molar-refractivity contribution in [3.63, 3.8) is 0 Å². The van der Waals surface area contributed by atoms with Crippen LogP contribution in [0.4, 0.5) is 13.9 Å². The van der Waals surface area contributed by atoms with Gasteiger partial charge in [-0.2, -0.15) is 0 Å². The summed E-state index contributed by atoms with van der Waals surface area (Å²) >= 11 is 7.15. The zero-order chi connectivity index (χ0) is 23.4. The molecular weight excluding hydrogens is 474 g/mol. The molecule has 0 saturated heterocycles. The quantitative estimate of drug-likeness (QED) is 0.362. The average Bonchev–Trinajstić information content (AvgIpc) is 3.46. The van der Waals surface area contributed by atoms with Gasteiger partial charge in [-0.05, 0) is 55.0 Å².